The number of nitrogens with one attached hydrogen (secondary N) is 2. The summed E-state index contributed by atoms with van der Waals surface area (Å²) in [5.41, 5.74) is 3.87. The third kappa shape index (κ3) is 4.03. The van der Waals surface area contributed by atoms with E-state index in [1.54, 1.807) is 42.5 Å². The maximum Gasteiger partial charge on any atom is 0.414 e. The largest absolute Gasteiger partial charge is 0.482 e. The molecule has 0 radical (unpaired) electrons. The fraction of sp³-hybridized carbons (Fsp3) is 0.333. The van der Waals surface area contributed by atoms with Gasteiger partial charge in [-0.2, -0.15) is 0 Å². The molecule has 3 aliphatic heterocycles. The SMILES string of the molecule is COc1ccc2nccc(N3CC(NCC4CN(c5ccc6c(c5)NC(=O)CO6)C(=O)O4)C3)c2n1. The number of methoxy groups -OCH3 is 1. The zero-order chi connectivity index (χ0) is 23.9. The minimum Gasteiger partial charge on any atom is -0.482 e. The van der Waals surface area contributed by atoms with Gasteiger partial charge in [0.15, 0.2) is 6.61 Å². The van der Waals surface area contributed by atoms with Crippen LogP contribution in [-0.4, -0.2) is 74.0 Å². The molecule has 0 bridgehead atoms. The molecule has 2 amide bonds. The number of pyridine rings is 2. The smallest absolute Gasteiger partial charge is 0.414 e. The van der Waals surface area contributed by atoms with Crippen molar-refractivity contribution in [2.45, 2.75) is 12.1 Å². The van der Waals surface area contributed by atoms with Crippen molar-refractivity contribution in [2.75, 3.05) is 55.0 Å². The maximum atomic E-state index is 12.5. The van der Waals surface area contributed by atoms with Crippen LogP contribution in [0.2, 0.25) is 0 Å². The second-order valence-electron chi connectivity index (χ2n) is 8.70. The predicted octanol–water partition coefficient (Wildman–Crippen LogP) is 1.77. The van der Waals surface area contributed by atoms with E-state index < -0.39 is 6.09 Å². The minimum atomic E-state index is -0.404. The topological polar surface area (TPSA) is 118 Å². The van der Waals surface area contributed by atoms with Crippen LogP contribution in [-0.2, 0) is 9.53 Å². The minimum absolute atomic E-state index is 0.00741. The summed E-state index contributed by atoms with van der Waals surface area (Å²) in [6.07, 6.45) is 1.11. The van der Waals surface area contributed by atoms with Crippen LogP contribution < -0.4 is 29.9 Å². The Balaban J connectivity index is 1.05. The van der Waals surface area contributed by atoms with Gasteiger partial charge in [-0.1, -0.05) is 0 Å². The molecule has 3 aliphatic rings. The monoisotopic (exact) mass is 476 g/mol. The van der Waals surface area contributed by atoms with E-state index >= 15 is 0 Å². The lowest BCUT2D eigenvalue weighted by Crippen LogP contribution is -2.59. The van der Waals surface area contributed by atoms with Crippen LogP contribution in [0.25, 0.3) is 11.0 Å². The van der Waals surface area contributed by atoms with Crippen molar-refractivity contribution in [3.05, 3.63) is 42.6 Å². The van der Waals surface area contributed by atoms with E-state index in [1.165, 1.54) is 0 Å². The Kier molecular flexibility index (Phi) is 5.25. The quantitative estimate of drug-likeness (QED) is 0.549. The molecule has 35 heavy (non-hydrogen) atoms. The number of hydrogen-bond acceptors (Lipinski definition) is 9. The first-order valence-corrected chi connectivity index (χ1v) is 11.4. The summed E-state index contributed by atoms with van der Waals surface area (Å²) in [6.45, 7) is 2.59. The molecular weight excluding hydrogens is 452 g/mol. The third-order valence-corrected chi connectivity index (χ3v) is 6.38. The highest BCUT2D eigenvalue weighted by Gasteiger charge is 2.35. The number of benzene rings is 1. The van der Waals surface area contributed by atoms with Crippen LogP contribution in [0.4, 0.5) is 21.9 Å². The third-order valence-electron chi connectivity index (χ3n) is 6.38. The Morgan fingerprint density at radius 1 is 1.17 bits per heavy atom. The summed E-state index contributed by atoms with van der Waals surface area (Å²) in [6, 6.07) is 11.2. The number of cyclic esters (lactones) is 1. The molecule has 3 aromatic rings. The molecule has 1 unspecified atom stereocenters. The first kappa shape index (κ1) is 21.4. The Morgan fingerprint density at radius 3 is 2.91 bits per heavy atom. The number of aromatic nitrogens is 2. The van der Waals surface area contributed by atoms with Crippen LogP contribution in [0.5, 0.6) is 11.6 Å². The van der Waals surface area contributed by atoms with Crippen LogP contribution in [0.3, 0.4) is 0 Å². The summed E-state index contributed by atoms with van der Waals surface area (Å²) in [5.74, 6) is 0.928. The summed E-state index contributed by atoms with van der Waals surface area (Å²) in [7, 11) is 1.60. The van der Waals surface area contributed by atoms with Gasteiger partial charge in [-0.15, -0.1) is 0 Å². The van der Waals surface area contributed by atoms with Crippen molar-refractivity contribution in [1.29, 1.82) is 0 Å². The van der Waals surface area contributed by atoms with Gasteiger partial charge in [0.2, 0.25) is 5.88 Å². The van der Waals surface area contributed by atoms with Crippen molar-refractivity contribution in [3.63, 3.8) is 0 Å². The molecule has 180 valence electrons. The van der Waals surface area contributed by atoms with Crippen molar-refractivity contribution in [3.8, 4) is 11.6 Å². The molecule has 2 fully saturated rings. The lowest BCUT2D eigenvalue weighted by molar-refractivity contribution is -0.118. The molecule has 2 N–H and O–H groups in total. The van der Waals surface area contributed by atoms with E-state index in [0.717, 1.165) is 29.8 Å². The normalized spacial score (nSPS) is 19.6. The fourth-order valence-electron chi connectivity index (χ4n) is 4.54. The molecule has 0 saturated carbocycles. The van der Waals surface area contributed by atoms with Gasteiger partial charge in [-0.3, -0.25) is 14.7 Å². The van der Waals surface area contributed by atoms with E-state index in [-0.39, 0.29) is 24.7 Å². The molecule has 2 aromatic heterocycles. The molecule has 6 rings (SSSR count). The summed E-state index contributed by atoms with van der Waals surface area (Å²) in [4.78, 5) is 36.9. The molecule has 1 aromatic carbocycles. The van der Waals surface area contributed by atoms with Gasteiger partial charge in [-0.05, 0) is 30.3 Å². The molecule has 11 nitrogen and oxygen atoms in total. The summed E-state index contributed by atoms with van der Waals surface area (Å²) < 4.78 is 16.2. The van der Waals surface area contributed by atoms with Gasteiger partial charge in [0.1, 0.15) is 17.4 Å². The first-order valence-electron chi connectivity index (χ1n) is 11.4. The zero-order valence-electron chi connectivity index (χ0n) is 19.1. The molecule has 1 atom stereocenters. The average Bonchev–Trinajstić information content (AvgIpc) is 3.22. The molecule has 5 heterocycles. The zero-order valence-corrected chi connectivity index (χ0v) is 19.1. The molecule has 11 heteroatoms. The molecule has 0 aliphatic carbocycles. The highest BCUT2D eigenvalue weighted by Crippen LogP contribution is 2.34. The van der Waals surface area contributed by atoms with Crippen LogP contribution in [0.1, 0.15) is 0 Å². The number of rotatable bonds is 6. The number of nitrogens with zero attached hydrogens (tertiary/aromatic N) is 4. The highest BCUT2D eigenvalue weighted by molar-refractivity contribution is 5.97. The van der Waals surface area contributed by atoms with Gasteiger partial charge < -0.3 is 29.7 Å². The highest BCUT2D eigenvalue weighted by atomic mass is 16.6. The van der Waals surface area contributed by atoms with Crippen molar-refractivity contribution in [1.82, 2.24) is 15.3 Å². The molecule has 0 spiro atoms. The second-order valence-corrected chi connectivity index (χ2v) is 8.70. The van der Waals surface area contributed by atoms with Gasteiger partial charge in [0.05, 0.1) is 30.5 Å². The lowest BCUT2D eigenvalue weighted by Gasteiger charge is -2.41. The number of amides is 2. The average molecular weight is 476 g/mol. The number of fused-ring (bicyclic) bond motifs is 2. The number of ether oxygens (including phenoxy) is 3. The standard InChI is InChI=1S/C24H24N6O5/c1-33-22-5-3-17-23(28-22)19(6-7-25-17)29-10-14(11-29)26-9-16-12-30(24(32)35-16)15-2-4-20-18(8-15)27-21(31)13-34-20/h2-8,14,16,26H,9-13H2,1H3,(H,27,31). The van der Waals surface area contributed by atoms with E-state index in [0.29, 0.717) is 36.1 Å². The van der Waals surface area contributed by atoms with Crippen molar-refractivity contribution < 1.29 is 23.8 Å². The number of carbonyl (C=O) groups excluding carboxylic acids is 2. The Morgan fingerprint density at radius 2 is 2.06 bits per heavy atom. The fourth-order valence-corrected chi connectivity index (χ4v) is 4.54. The van der Waals surface area contributed by atoms with Gasteiger partial charge >= 0.3 is 6.09 Å². The number of hydrogen-bond donors (Lipinski definition) is 2. The first-order chi connectivity index (χ1) is 17.1. The number of carbonyl (C=O) groups is 2. The predicted molar refractivity (Wildman–Crippen MR) is 128 cm³/mol. The maximum absolute atomic E-state index is 12.5. The summed E-state index contributed by atoms with van der Waals surface area (Å²) in [5, 5.41) is 6.26. The Hall–Kier alpha value is -4.12. The van der Waals surface area contributed by atoms with Crippen LogP contribution in [0.15, 0.2) is 42.6 Å². The molecule has 2 saturated heterocycles. The Labute approximate surface area is 201 Å². The van der Waals surface area contributed by atoms with Crippen molar-refractivity contribution >= 4 is 40.1 Å². The van der Waals surface area contributed by atoms with Gasteiger partial charge in [0, 0.05) is 43.6 Å². The van der Waals surface area contributed by atoms with Crippen LogP contribution >= 0.6 is 0 Å². The van der Waals surface area contributed by atoms with E-state index in [1.807, 2.05) is 12.1 Å². The summed E-state index contributed by atoms with van der Waals surface area (Å²) >= 11 is 0. The van der Waals surface area contributed by atoms with Gasteiger partial charge in [0.25, 0.3) is 5.91 Å². The van der Waals surface area contributed by atoms with Crippen LogP contribution in [0, 0.1) is 0 Å². The Bertz CT molecular complexity index is 1310. The van der Waals surface area contributed by atoms with Crippen molar-refractivity contribution in [2.24, 2.45) is 0 Å². The lowest BCUT2D eigenvalue weighted by atomic mass is 10.1. The number of anilines is 3. The van der Waals surface area contributed by atoms with E-state index in [4.69, 9.17) is 14.2 Å². The molecular formula is C24H24N6O5. The van der Waals surface area contributed by atoms with E-state index in [2.05, 4.69) is 25.5 Å². The second kappa shape index (κ2) is 8.58. The van der Waals surface area contributed by atoms with Gasteiger partial charge in [-0.25, -0.2) is 9.78 Å². The van der Waals surface area contributed by atoms with E-state index in [9.17, 15) is 9.59 Å².